The van der Waals surface area contributed by atoms with Gasteiger partial charge in [-0.1, -0.05) is 18.2 Å². The third kappa shape index (κ3) is 3.36. The van der Waals surface area contributed by atoms with E-state index in [9.17, 15) is 8.78 Å². The van der Waals surface area contributed by atoms with E-state index in [2.05, 4.69) is 34.3 Å². The molecule has 0 saturated heterocycles. The number of hydrogen-bond donors (Lipinski definition) is 2. The molecule has 0 radical (unpaired) electrons. The van der Waals surface area contributed by atoms with Gasteiger partial charge in [0.25, 0.3) is 0 Å². The van der Waals surface area contributed by atoms with E-state index in [-0.39, 0.29) is 10.8 Å². The maximum Gasteiger partial charge on any atom is 0.175 e. The Labute approximate surface area is 160 Å². The van der Waals surface area contributed by atoms with Gasteiger partial charge in [0.1, 0.15) is 11.6 Å². The summed E-state index contributed by atoms with van der Waals surface area (Å²) >= 11 is 5.28. The minimum absolute atomic E-state index is 0.258. The van der Waals surface area contributed by atoms with Crippen molar-refractivity contribution in [3.63, 3.8) is 0 Å². The molecule has 6 heteroatoms. The van der Waals surface area contributed by atoms with Crippen molar-refractivity contribution in [3.05, 3.63) is 72.3 Å². The van der Waals surface area contributed by atoms with E-state index in [4.69, 9.17) is 12.2 Å². The summed E-state index contributed by atoms with van der Waals surface area (Å²) in [5.74, 6) is -1.32. The second kappa shape index (κ2) is 6.96. The monoisotopic (exact) mass is 381 g/mol. The lowest BCUT2D eigenvalue weighted by molar-refractivity contribution is 0.584. The van der Waals surface area contributed by atoms with E-state index < -0.39 is 11.6 Å². The van der Waals surface area contributed by atoms with Crippen molar-refractivity contribution in [2.75, 3.05) is 10.6 Å². The summed E-state index contributed by atoms with van der Waals surface area (Å²) in [5, 5.41) is 8.44. The van der Waals surface area contributed by atoms with Crippen molar-refractivity contribution in [3.8, 4) is 0 Å². The van der Waals surface area contributed by atoms with Gasteiger partial charge in [0.05, 0.1) is 0 Å². The van der Waals surface area contributed by atoms with E-state index in [1.807, 2.05) is 30.3 Å². The lowest BCUT2D eigenvalue weighted by Gasteiger charge is -2.11. The topological polar surface area (TPSA) is 29.0 Å². The van der Waals surface area contributed by atoms with E-state index >= 15 is 0 Å². The molecule has 3 aromatic carbocycles. The second-order valence-electron chi connectivity index (χ2n) is 6.23. The van der Waals surface area contributed by atoms with E-state index in [0.717, 1.165) is 29.2 Å². The maximum absolute atomic E-state index is 13.3. The average molecular weight is 381 g/mol. The van der Waals surface area contributed by atoms with Crippen molar-refractivity contribution in [2.45, 2.75) is 13.5 Å². The van der Waals surface area contributed by atoms with Crippen LogP contribution in [0.15, 0.2) is 60.7 Å². The highest BCUT2D eigenvalue weighted by Gasteiger charge is 2.10. The summed E-state index contributed by atoms with van der Waals surface area (Å²) in [4.78, 5) is 0. The first kappa shape index (κ1) is 17.4. The summed E-state index contributed by atoms with van der Waals surface area (Å²) in [6.07, 6.45) is 0. The van der Waals surface area contributed by atoms with E-state index in [0.29, 0.717) is 0 Å². The Bertz CT molecular complexity index is 1150. The molecule has 0 spiro atoms. The van der Waals surface area contributed by atoms with Crippen LogP contribution in [0.4, 0.5) is 20.2 Å². The van der Waals surface area contributed by atoms with E-state index in [1.165, 1.54) is 23.0 Å². The molecule has 0 saturated carbocycles. The largest absolute Gasteiger partial charge is 0.341 e. The minimum atomic E-state index is -0.658. The number of benzene rings is 3. The van der Waals surface area contributed by atoms with Crippen LogP contribution in [0, 0.1) is 11.6 Å². The van der Waals surface area contributed by atoms with Crippen LogP contribution >= 0.6 is 12.2 Å². The Balaban J connectivity index is 1.64. The van der Waals surface area contributed by atoms with Crippen LogP contribution in [0.3, 0.4) is 0 Å². The van der Waals surface area contributed by atoms with Crippen molar-refractivity contribution in [1.29, 1.82) is 0 Å². The Kier molecular flexibility index (Phi) is 4.49. The SMILES string of the molecule is CCn1c2ccccc2c2cc(NC(=S)Nc3cc(F)cc(F)c3)ccc21. The maximum atomic E-state index is 13.3. The molecular formula is C21H17F2N3S. The number of anilines is 2. The van der Waals surface area contributed by atoms with Gasteiger partial charge < -0.3 is 15.2 Å². The fourth-order valence-corrected chi connectivity index (χ4v) is 3.63. The number of rotatable bonds is 3. The summed E-state index contributed by atoms with van der Waals surface area (Å²) in [6.45, 7) is 3.00. The van der Waals surface area contributed by atoms with Crippen LogP contribution in [0.25, 0.3) is 21.8 Å². The second-order valence-corrected chi connectivity index (χ2v) is 6.64. The van der Waals surface area contributed by atoms with Crippen molar-refractivity contribution < 1.29 is 8.78 Å². The van der Waals surface area contributed by atoms with Gasteiger partial charge >= 0.3 is 0 Å². The fraction of sp³-hybridized carbons (Fsp3) is 0.0952. The third-order valence-corrected chi connectivity index (χ3v) is 4.67. The molecule has 2 N–H and O–H groups in total. The zero-order chi connectivity index (χ0) is 19.0. The summed E-state index contributed by atoms with van der Waals surface area (Å²) in [6, 6.07) is 17.5. The van der Waals surface area contributed by atoms with Gasteiger partial charge in [0.15, 0.2) is 5.11 Å². The Hall–Kier alpha value is -2.99. The molecule has 1 heterocycles. The Morgan fingerprint density at radius 2 is 1.52 bits per heavy atom. The zero-order valence-corrected chi connectivity index (χ0v) is 15.4. The van der Waals surface area contributed by atoms with E-state index in [1.54, 1.807) is 0 Å². The summed E-state index contributed by atoms with van der Waals surface area (Å²) in [7, 11) is 0. The summed E-state index contributed by atoms with van der Waals surface area (Å²) < 4.78 is 28.9. The van der Waals surface area contributed by atoms with Crippen molar-refractivity contribution in [1.82, 2.24) is 4.57 Å². The number of thiocarbonyl (C=S) groups is 1. The molecule has 3 nitrogen and oxygen atoms in total. The molecule has 4 aromatic rings. The van der Waals surface area contributed by atoms with Gasteiger partial charge in [-0.05, 0) is 55.5 Å². The minimum Gasteiger partial charge on any atom is -0.341 e. The number of aromatic nitrogens is 1. The van der Waals surface area contributed by atoms with Crippen LogP contribution in [-0.4, -0.2) is 9.68 Å². The molecule has 0 bridgehead atoms. The third-order valence-electron chi connectivity index (χ3n) is 4.47. The molecule has 0 aliphatic carbocycles. The normalized spacial score (nSPS) is 11.1. The van der Waals surface area contributed by atoms with Crippen LogP contribution < -0.4 is 10.6 Å². The predicted octanol–water partition coefficient (Wildman–Crippen LogP) is 5.90. The molecular weight excluding hydrogens is 364 g/mol. The van der Waals surface area contributed by atoms with Gasteiger partial charge in [-0.25, -0.2) is 8.78 Å². The lowest BCUT2D eigenvalue weighted by Crippen LogP contribution is -2.19. The highest BCUT2D eigenvalue weighted by atomic mass is 32.1. The molecule has 27 heavy (non-hydrogen) atoms. The Morgan fingerprint density at radius 3 is 2.26 bits per heavy atom. The number of hydrogen-bond acceptors (Lipinski definition) is 1. The summed E-state index contributed by atoms with van der Waals surface area (Å²) in [5.41, 5.74) is 3.39. The fourth-order valence-electron chi connectivity index (χ4n) is 3.39. The number of nitrogens with zero attached hydrogens (tertiary/aromatic N) is 1. The zero-order valence-electron chi connectivity index (χ0n) is 14.6. The van der Waals surface area contributed by atoms with Gasteiger partial charge in [-0.15, -0.1) is 0 Å². The molecule has 0 aliphatic heterocycles. The molecule has 1 aromatic heterocycles. The molecule has 0 aliphatic rings. The van der Waals surface area contributed by atoms with Crippen molar-refractivity contribution in [2.24, 2.45) is 0 Å². The molecule has 0 amide bonds. The first-order valence-corrected chi connectivity index (χ1v) is 9.01. The number of nitrogens with one attached hydrogen (secondary N) is 2. The molecule has 4 rings (SSSR count). The van der Waals surface area contributed by atoms with Crippen LogP contribution in [-0.2, 0) is 6.54 Å². The van der Waals surface area contributed by atoms with Crippen LogP contribution in [0.5, 0.6) is 0 Å². The quantitative estimate of drug-likeness (QED) is 0.433. The molecule has 0 fully saturated rings. The average Bonchev–Trinajstić information content (AvgIpc) is 2.94. The van der Waals surface area contributed by atoms with Gasteiger partial charge in [-0.3, -0.25) is 0 Å². The first-order chi connectivity index (χ1) is 13.0. The number of aryl methyl sites for hydroxylation is 1. The van der Waals surface area contributed by atoms with Crippen molar-refractivity contribution >= 4 is 50.5 Å². The molecule has 136 valence electrons. The standard InChI is InChI=1S/C21H17F2N3S/c1-2-26-19-6-4-3-5-17(19)18-12-15(7-8-20(18)26)24-21(27)25-16-10-13(22)9-14(23)11-16/h3-12H,2H2,1H3,(H2,24,25,27). The van der Waals surface area contributed by atoms with Gasteiger partial charge in [0, 0.05) is 45.8 Å². The van der Waals surface area contributed by atoms with Crippen LogP contribution in [0.1, 0.15) is 6.92 Å². The van der Waals surface area contributed by atoms with Gasteiger partial charge in [0.2, 0.25) is 0 Å². The number of halogens is 2. The highest BCUT2D eigenvalue weighted by molar-refractivity contribution is 7.80. The number of fused-ring (bicyclic) bond motifs is 3. The van der Waals surface area contributed by atoms with Crippen LogP contribution in [0.2, 0.25) is 0 Å². The molecule has 0 atom stereocenters. The highest BCUT2D eigenvalue weighted by Crippen LogP contribution is 2.31. The van der Waals surface area contributed by atoms with Gasteiger partial charge in [-0.2, -0.15) is 0 Å². The Morgan fingerprint density at radius 1 is 0.852 bits per heavy atom. The predicted molar refractivity (Wildman–Crippen MR) is 111 cm³/mol. The lowest BCUT2D eigenvalue weighted by atomic mass is 10.1. The first-order valence-electron chi connectivity index (χ1n) is 8.60. The number of para-hydroxylation sites is 1. The molecule has 0 unspecified atom stereocenters. The smallest absolute Gasteiger partial charge is 0.175 e.